The molecule has 0 aliphatic rings. The Hall–Kier alpha value is -1.86. The van der Waals surface area contributed by atoms with Crippen LogP contribution in [0.4, 0.5) is 0 Å². The monoisotopic (exact) mass is 738 g/mol. The number of ether oxygens (including phenoxy) is 15. The topological polar surface area (TPSA) is 138 Å². The van der Waals surface area contributed by atoms with Crippen LogP contribution in [0.15, 0.2) is 12.1 Å². The van der Waals surface area contributed by atoms with E-state index in [9.17, 15) is 0 Å². The molecule has 300 valence electrons. The van der Waals surface area contributed by atoms with E-state index in [1.165, 1.54) is 0 Å². The standard InChI is InChI=1S/C36H66O15/c1-32(2)33-30-34(49-27-24-46-21-18-43-15-12-40-9-6-37-3)36(51-29-26-48-23-20-45-17-14-42-11-8-39-5)35(31-33)50-28-25-47-22-19-44-16-13-41-10-7-38-4/h30-32H,6-29H2,1-5H3. The molecule has 0 aromatic heterocycles. The molecule has 0 saturated heterocycles. The van der Waals surface area contributed by atoms with Gasteiger partial charge in [-0.25, -0.2) is 0 Å². The van der Waals surface area contributed by atoms with Gasteiger partial charge in [0.15, 0.2) is 11.5 Å². The molecular weight excluding hydrogens is 672 g/mol. The molecule has 1 aromatic rings. The van der Waals surface area contributed by atoms with Crippen LogP contribution in [0.3, 0.4) is 0 Å². The summed E-state index contributed by atoms with van der Waals surface area (Å²) in [4.78, 5) is 0. The van der Waals surface area contributed by atoms with Gasteiger partial charge in [-0.1, -0.05) is 13.8 Å². The molecule has 0 saturated carbocycles. The fraction of sp³-hybridized carbons (Fsp3) is 0.833. The number of benzene rings is 1. The van der Waals surface area contributed by atoms with Crippen LogP contribution in [-0.4, -0.2) is 180 Å². The third-order valence-electron chi connectivity index (χ3n) is 6.68. The average Bonchev–Trinajstić information content (AvgIpc) is 3.13. The second-order valence-corrected chi connectivity index (χ2v) is 11.0. The van der Waals surface area contributed by atoms with Gasteiger partial charge in [-0.3, -0.25) is 0 Å². The van der Waals surface area contributed by atoms with Crippen molar-refractivity contribution in [3.8, 4) is 17.2 Å². The van der Waals surface area contributed by atoms with Crippen LogP contribution in [0.1, 0.15) is 25.3 Å². The van der Waals surface area contributed by atoms with Crippen LogP contribution in [0.2, 0.25) is 0 Å². The van der Waals surface area contributed by atoms with E-state index in [1.54, 1.807) is 21.3 Å². The molecule has 0 aliphatic carbocycles. The Morgan fingerprint density at radius 1 is 0.333 bits per heavy atom. The molecule has 0 bridgehead atoms. The molecule has 0 amide bonds. The van der Waals surface area contributed by atoms with Crippen LogP contribution in [0.25, 0.3) is 0 Å². The van der Waals surface area contributed by atoms with E-state index in [-0.39, 0.29) is 5.92 Å². The van der Waals surface area contributed by atoms with Crippen molar-refractivity contribution >= 4 is 0 Å². The molecule has 0 radical (unpaired) electrons. The summed E-state index contributed by atoms with van der Waals surface area (Å²) in [5, 5.41) is 0. The van der Waals surface area contributed by atoms with Crippen molar-refractivity contribution in [3.63, 3.8) is 0 Å². The van der Waals surface area contributed by atoms with Gasteiger partial charge in [-0.15, -0.1) is 0 Å². The predicted octanol–water partition coefficient (Wildman–Crippen LogP) is 3.04. The first-order chi connectivity index (χ1) is 25.1. The first kappa shape index (κ1) is 47.2. The highest BCUT2D eigenvalue weighted by Gasteiger charge is 2.17. The highest BCUT2D eigenvalue weighted by molar-refractivity contribution is 5.54. The molecule has 1 aromatic carbocycles. The molecule has 51 heavy (non-hydrogen) atoms. The highest BCUT2D eigenvalue weighted by Crippen LogP contribution is 2.40. The summed E-state index contributed by atoms with van der Waals surface area (Å²) in [6.45, 7) is 15.4. The van der Waals surface area contributed by atoms with Crippen molar-refractivity contribution in [2.24, 2.45) is 0 Å². The maximum atomic E-state index is 6.19. The zero-order chi connectivity index (χ0) is 36.9. The fourth-order valence-corrected chi connectivity index (χ4v) is 3.96. The summed E-state index contributed by atoms with van der Waals surface area (Å²) in [5.41, 5.74) is 1.05. The average molecular weight is 739 g/mol. The minimum absolute atomic E-state index is 0.233. The van der Waals surface area contributed by atoms with Gasteiger partial charge in [0.1, 0.15) is 19.8 Å². The summed E-state index contributed by atoms with van der Waals surface area (Å²) in [6.07, 6.45) is 0. The lowest BCUT2D eigenvalue weighted by atomic mass is 10.0. The lowest BCUT2D eigenvalue weighted by molar-refractivity contribution is -0.00160. The van der Waals surface area contributed by atoms with E-state index in [0.717, 1.165) is 5.56 Å². The maximum absolute atomic E-state index is 6.19. The quantitative estimate of drug-likeness (QED) is 0.0912. The van der Waals surface area contributed by atoms with Gasteiger partial charge >= 0.3 is 0 Å². The van der Waals surface area contributed by atoms with E-state index >= 15 is 0 Å². The van der Waals surface area contributed by atoms with E-state index in [0.29, 0.717) is 176 Å². The summed E-state index contributed by atoms with van der Waals surface area (Å²) >= 11 is 0. The number of methoxy groups -OCH3 is 3. The second-order valence-electron chi connectivity index (χ2n) is 11.0. The third kappa shape index (κ3) is 28.3. The van der Waals surface area contributed by atoms with Gasteiger partial charge in [0.05, 0.1) is 139 Å². The Morgan fingerprint density at radius 2 is 0.569 bits per heavy atom. The first-order valence-corrected chi connectivity index (χ1v) is 17.9. The van der Waals surface area contributed by atoms with Crippen LogP contribution < -0.4 is 14.2 Å². The van der Waals surface area contributed by atoms with Gasteiger partial charge < -0.3 is 71.1 Å². The van der Waals surface area contributed by atoms with Crippen molar-refractivity contribution in [3.05, 3.63) is 17.7 Å². The van der Waals surface area contributed by atoms with Crippen molar-refractivity contribution in [2.45, 2.75) is 19.8 Å². The van der Waals surface area contributed by atoms with Gasteiger partial charge in [-0.2, -0.15) is 0 Å². The molecule has 0 fully saturated rings. The third-order valence-corrected chi connectivity index (χ3v) is 6.68. The summed E-state index contributed by atoms with van der Waals surface area (Å²) in [6, 6.07) is 3.96. The Morgan fingerprint density at radius 3 is 0.824 bits per heavy atom. The lowest BCUT2D eigenvalue weighted by Gasteiger charge is -2.20. The zero-order valence-electron chi connectivity index (χ0n) is 31.8. The first-order valence-electron chi connectivity index (χ1n) is 17.9. The van der Waals surface area contributed by atoms with Crippen LogP contribution in [0.5, 0.6) is 17.2 Å². The van der Waals surface area contributed by atoms with Crippen molar-refractivity contribution in [1.29, 1.82) is 0 Å². The van der Waals surface area contributed by atoms with Crippen LogP contribution >= 0.6 is 0 Å². The zero-order valence-corrected chi connectivity index (χ0v) is 31.8. The van der Waals surface area contributed by atoms with Crippen molar-refractivity contribution in [2.75, 3.05) is 180 Å². The Bertz CT molecular complexity index is 828. The second kappa shape index (κ2) is 36.5. The number of hydrogen-bond donors (Lipinski definition) is 0. The van der Waals surface area contributed by atoms with E-state index in [1.807, 2.05) is 12.1 Å². The van der Waals surface area contributed by atoms with Gasteiger partial charge in [0.2, 0.25) is 5.75 Å². The van der Waals surface area contributed by atoms with Gasteiger partial charge in [0, 0.05) is 21.3 Å². The number of hydrogen-bond acceptors (Lipinski definition) is 15. The molecule has 15 heteroatoms. The molecule has 15 nitrogen and oxygen atoms in total. The highest BCUT2D eigenvalue weighted by atomic mass is 16.6. The summed E-state index contributed by atoms with van der Waals surface area (Å²) < 4.78 is 83.3. The molecule has 0 spiro atoms. The van der Waals surface area contributed by atoms with E-state index in [4.69, 9.17) is 71.1 Å². The number of rotatable bonds is 40. The van der Waals surface area contributed by atoms with Gasteiger partial charge in [-0.05, 0) is 23.6 Å². The smallest absolute Gasteiger partial charge is 0.203 e. The summed E-state index contributed by atoms with van der Waals surface area (Å²) in [5.74, 6) is 1.88. The van der Waals surface area contributed by atoms with Crippen LogP contribution in [-0.2, 0) is 56.8 Å². The molecule has 0 heterocycles. The molecule has 0 unspecified atom stereocenters. The van der Waals surface area contributed by atoms with Gasteiger partial charge in [0.25, 0.3) is 0 Å². The fourth-order valence-electron chi connectivity index (χ4n) is 3.96. The summed E-state index contributed by atoms with van der Waals surface area (Å²) in [7, 11) is 4.93. The normalized spacial score (nSPS) is 11.5. The Kier molecular flexibility index (Phi) is 33.7. The Labute approximate surface area is 305 Å². The van der Waals surface area contributed by atoms with Crippen molar-refractivity contribution < 1.29 is 71.1 Å². The minimum atomic E-state index is 0.233. The maximum Gasteiger partial charge on any atom is 0.203 e. The SMILES string of the molecule is COCCOCCOCCOCCOc1cc(C(C)C)cc(OCCOCCOCCOCCOC)c1OCCOCCOCCOCCOC. The van der Waals surface area contributed by atoms with E-state index < -0.39 is 0 Å². The largest absolute Gasteiger partial charge is 0.487 e. The molecule has 0 N–H and O–H groups in total. The van der Waals surface area contributed by atoms with Crippen molar-refractivity contribution in [1.82, 2.24) is 0 Å². The van der Waals surface area contributed by atoms with Crippen LogP contribution in [0, 0.1) is 0 Å². The molecule has 0 aliphatic heterocycles. The lowest BCUT2D eigenvalue weighted by Crippen LogP contribution is -2.16. The minimum Gasteiger partial charge on any atom is -0.487 e. The molecule has 1 rings (SSSR count). The van der Waals surface area contributed by atoms with E-state index in [2.05, 4.69) is 13.8 Å². The molecule has 0 atom stereocenters. The molecular formula is C36H66O15. The Balaban J connectivity index is 2.57. The predicted molar refractivity (Wildman–Crippen MR) is 190 cm³/mol.